The molecule has 5 rings (SSSR count). The number of nitrogens with one attached hydrogen (secondary N) is 1. The highest BCUT2D eigenvalue weighted by molar-refractivity contribution is 7.92. The molecule has 0 amide bonds. The van der Waals surface area contributed by atoms with Gasteiger partial charge in [0.25, 0.3) is 0 Å². The van der Waals surface area contributed by atoms with Crippen molar-refractivity contribution in [3.05, 3.63) is 124 Å². The second-order valence-electron chi connectivity index (χ2n) is 9.42. The molecule has 0 fully saturated rings. The summed E-state index contributed by atoms with van der Waals surface area (Å²) in [6.07, 6.45) is 3.19. The predicted molar refractivity (Wildman–Crippen MR) is 141 cm³/mol. The maximum absolute atomic E-state index is 14.8. The average Bonchev–Trinajstić information content (AvgIpc) is 3.44. The molecular weight excluding hydrogens is 511 g/mol. The Morgan fingerprint density at radius 1 is 1.03 bits per heavy atom. The molecule has 4 aromatic rings. The first-order valence-electron chi connectivity index (χ1n) is 12.3. The fraction of sp³-hybridized carbons (Fsp3) is 0.207. The SMILES string of the molecule is C[C@@H](NS(=O)(=O)/C=C/c1nn(-c2ccc(F)cc2F)c2c1CCC2Cc1cccc(F)c1)c1ccccc1. The highest BCUT2D eigenvalue weighted by Crippen LogP contribution is 2.39. The summed E-state index contributed by atoms with van der Waals surface area (Å²) in [7, 11) is -3.83. The minimum Gasteiger partial charge on any atom is -0.234 e. The fourth-order valence-corrected chi connectivity index (χ4v) is 5.99. The molecular formula is C29H26F3N3O2S. The lowest BCUT2D eigenvalue weighted by atomic mass is 9.97. The molecule has 3 aromatic carbocycles. The van der Waals surface area contributed by atoms with Gasteiger partial charge in [0.05, 0.1) is 11.4 Å². The summed E-state index contributed by atoms with van der Waals surface area (Å²) < 4.78 is 72.0. The van der Waals surface area contributed by atoms with Gasteiger partial charge in [0, 0.05) is 29.0 Å². The number of hydrogen-bond acceptors (Lipinski definition) is 3. The third-order valence-corrected chi connectivity index (χ3v) is 7.91. The molecule has 0 radical (unpaired) electrons. The molecule has 1 heterocycles. The normalized spacial score (nSPS) is 16.2. The number of sulfonamides is 1. The van der Waals surface area contributed by atoms with E-state index in [2.05, 4.69) is 9.82 Å². The van der Waals surface area contributed by atoms with Crippen LogP contribution in [0.2, 0.25) is 0 Å². The molecule has 0 aliphatic heterocycles. The number of halogens is 3. The Morgan fingerprint density at radius 3 is 2.53 bits per heavy atom. The van der Waals surface area contributed by atoms with Crippen LogP contribution in [-0.2, 0) is 22.9 Å². The number of benzene rings is 3. The molecule has 1 N–H and O–H groups in total. The van der Waals surface area contributed by atoms with E-state index in [9.17, 15) is 21.6 Å². The summed E-state index contributed by atoms with van der Waals surface area (Å²) >= 11 is 0. The van der Waals surface area contributed by atoms with Crippen molar-refractivity contribution >= 4 is 16.1 Å². The van der Waals surface area contributed by atoms with Crippen LogP contribution in [0, 0.1) is 17.5 Å². The van der Waals surface area contributed by atoms with Crippen molar-refractivity contribution in [2.75, 3.05) is 0 Å². The molecule has 9 heteroatoms. The van der Waals surface area contributed by atoms with E-state index in [0.29, 0.717) is 30.7 Å². The smallest absolute Gasteiger partial charge is 0.234 e. The highest BCUT2D eigenvalue weighted by Gasteiger charge is 2.32. The van der Waals surface area contributed by atoms with E-state index in [-0.39, 0.29) is 17.4 Å². The first-order chi connectivity index (χ1) is 18.2. The first kappa shape index (κ1) is 25.9. The second kappa shape index (κ2) is 10.6. The van der Waals surface area contributed by atoms with Crippen LogP contribution >= 0.6 is 0 Å². The fourth-order valence-electron chi connectivity index (χ4n) is 4.98. The number of aromatic nitrogens is 2. The maximum Gasteiger partial charge on any atom is 0.234 e. The van der Waals surface area contributed by atoms with Gasteiger partial charge in [-0.05, 0) is 67.7 Å². The van der Waals surface area contributed by atoms with E-state index < -0.39 is 27.7 Å². The van der Waals surface area contributed by atoms with Crippen molar-refractivity contribution in [2.24, 2.45) is 0 Å². The topological polar surface area (TPSA) is 64.0 Å². The number of rotatable bonds is 8. The molecule has 0 bridgehead atoms. The summed E-state index contributed by atoms with van der Waals surface area (Å²) in [5, 5.41) is 5.60. The highest BCUT2D eigenvalue weighted by atomic mass is 32.2. The van der Waals surface area contributed by atoms with Gasteiger partial charge in [-0.15, -0.1) is 0 Å². The molecule has 0 saturated carbocycles. The van der Waals surface area contributed by atoms with Gasteiger partial charge in [0.2, 0.25) is 10.0 Å². The third kappa shape index (κ3) is 5.58. The van der Waals surface area contributed by atoms with Gasteiger partial charge in [-0.25, -0.2) is 31.0 Å². The summed E-state index contributed by atoms with van der Waals surface area (Å²) in [5.74, 6) is -1.95. The number of hydrogen-bond donors (Lipinski definition) is 1. The van der Waals surface area contributed by atoms with E-state index in [0.717, 1.165) is 34.2 Å². The lowest BCUT2D eigenvalue weighted by Gasteiger charge is -2.15. The van der Waals surface area contributed by atoms with Crippen LogP contribution in [0.4, 0.5) is 13.2 Å². The van der Waals surface area contributed by atoms with Crippen molar-refractivity contribution in [2.45, 2.75) is 38.1 Å². The van der Waals surface area contributed by atoms with Gasteiger partial charge >= 0.3 is 0 Å². The molecule has 1 aliphatic rings. The van der Waals surface area contributed by atoms with Crippen LogP contribution in [0.3, 0.4) is 0 Å². The van der Waals surface area contributed by atoms with Crippen molar-refractivity contribution in [1.29, 1.82) is 0 Å². The Kier molecular flexibility index (Phi) is 7.23. The molecule has 1 unspecified atom stereocenters. The Hall–Kier alpha value is -3.69. The first-order valence-corrected chi connectivity index (χ1v) is 13.8. The standard InChI is InChI=1S/C29H26F3N3O2S/c1-19(21-7-3-2-4-8-21)34-38(36,37)15-14-27-25-12-10-22(16-20-6-5-9-23(30)17-20)29(25)35(33-27)28-13-11-24(31)18-26(28)32/h2-9,11,13-15,17-19,22,34H,10,12,16H2,1H3/b15-14+/t19-,22?/m1/s1. The molecule has 2 atom stereocenters. The molecule has 0 saturated heterocycles. The van der Waals surface area contributed by atoms with Crippen molar-refractivity contribution in [1.82, 2.24) is 14.5 Å². The van der Waals surface area contributed by atoms with E-state index in [1.54, 1.807) is 13.0 Å². The predicted octanol–water partition coefficient (Wildman–Crippen LogP) is 6.21. The second-order valence-corrected chi connectivity index (χ2v) is 11.0. The van der Waals surface area contributed by atoms with Gasteiger partial charge in [-0.1, -0.05) is 42.5 Å². The summed E-state index contributed by atoms with van der Waals surface area (Å²) in [6, 6.07) is 18.3. The van der Waals surface area contributed by atoms with Gasteiger partial charge < -0.3 is 0 Å². The van der Waals surface area contributed by atoms with Crippen LogP contribution in [-0.4, -0.2) is 18.2 Å². The zero-order chi connectivity index (χ0) is 26.9. The van der Waals surface area contributed by atoms with Crippen LogP contribution in [0.1, 0.15) is 53.4 Å². The monoisotopic (exact) mass is 537 g/mol. The molecule has 1 aromatic heterocycles. The average molecular weight is 538 g/mol. The van der Waals surface area contributed by atoms with Crippen molar-refractivity contribution in [3.63, 3.8) is 0 Å². The molecule has 1 aliphatic carbocycles. The van der Waals surface area contributed by atoms with E-state index in [4.69, 9.17) is 0 Å². The van der Waals surface area contributed by atoms with Gasteiger partial charge in [-0.3, -0.25) is 0 Å². The zero-order valence-electron chi connectivity index (χ0n) is 20.6. The van der Waals surface area contributed by atoms with Crippen molar-refractivity contribution < 1.29 is 21.6 Å². The third-order valence-electron chi connectivity index (χ3n) is 6.74. The van der Waals surface area contributed by atoms with E-state index in [1.807, 2.05) is 36.4 Å². The van der Waals surface area contributed by atoms with Gasteiger partial charge in [0.15, 0.2) is 5.82 Å². The number of nitrogens with zero attached hydrogens (tertiary/aromatic N) is 2. The van der Waals surface area contributed by atoms with Crippen LogP contribution in [0.15, 0.2) is 78.2 Å². The lowest BCUT2D eigenvalue weighted by Crippen LogP contribution is -2.24. The molecule has 0 spiro atoms. The quantitative estimate of drug-likeness (QED) is 0.291. The van der Waals surface area contributed by atoms with Gasteiger partial charge in [-0.2, -0.15) is 5.10 Å². The van der Waals surface area contributed by atoms with Crippen LogP contribution in [0.5, 0.6) is 0 Å². The van der Waals surface area contributed by atoms with Crippen molar-refractivity contribution in [3.8, 4) is 5.69 Å². The summed E-state index contributed by atoms with van der Waals surface area (Å²) in [4.78, 5) is 0. The zero-order valence-corrected chi connectivity index (χ0v) is 21.4. The van der Waals surface area contributed by atoms with E-state index in [1.165, 1.54) is 29.0 Å². The Morgan fingerprint density at radius 2 is 1.79 bits per heavy atom. The molecule has 196 valence electrons. The molecule has 38 heavy (non-hydrogen) atoms. The Balaban J connectivity index is 1.49. The number of fused-ring (bicyclic) bond motifs is 1. The summed E-state index contributed by atoms with van der Waals surface area (Å²) in [5.41, 5.74) is 3.56. The molecule has 5 nitrogen and oxygen atoms in total. The van der Waals surface area contributed by atoms with Crippen LogP contribution in [0.25, 0.3) is 11.8 Å². The van der Waals surface area contributed by atoms with Gasteiger partial charge in [0.1, 0.15) is 17.3 Å². The maximum atomic E-state index is 14.8. The Labute approximate surface area is 219 Å². The van der Waals surface area contributed by atoms with E-state index >= 15 is 0 Å². The Bertz CT molecular complexity index is 1600. The van der Waals surface area contributed by atoms with Crippen LogP contribution < -0.4 is 4.72 Å². The minimum absolute atomic E-state index is 0.0622. The largest absolute Gasteiger partial charge is 0.234 e. The minimum atomic E-state index is -3.83. The summed E-state index contributed by atoms with van der Waals surface area (Å²) in [6.45, 7) is 1.75. The lowest BCUT2D eigenvalue weighted by molar-refractivity contribution is 0.563.